The minimum absolute atomic E-state index is 0.355. The first-order valence-electron chi connectivity index (χ1n) is 4.63. The number of carbonyl (C=O) groups is 1. The number of hydrogen-bond acceptors (Lipinski definition) is 6. The third-order valence-corrected chi connectivity index (χ3v) is 2.98. The number of rotatable bonds is 6. The summed E-state index contributed by atoms with van der Waals surface area (Å²) >= 11 is 3.19. The smallest absolute Gasteiger partial charge is 0.357 e. The van der Waals surface area contributed by atoms with Crippen LogP contribution in [0.25, 0.3) is 0 Å². The predicted octanol–water partition coefficient (Wildman–Crippen LogP) is 2.09. The second-order valence-corrected chi connectivity index (χ2v) is 4.52. The summed E-state index contributed by atoms with van der Waals surface area (Å²) in [6, 6.07) is 0. The monoisotopic (exact) mass is 246 g/mol. The normalized spacial score (nSPS) is 10.0. The Morgan fingerprint density at radius 2 is 2.53 bits per heavy atom. The number of thioether (sulfide) groups is 1. The van der Waals surface area contributed by atoms with Gasteiger partial charge in [0, 0.05) is 17.7 Å². The zero-order chi connectivity index (χ0) is 11.1. The fourth-order valence-electron chi connectivity index (χ4n) is 0.914. The van der Waals surface area contributed by atoms with Crippen LogP contribution in [0.5, 0.6) is 0 Å². The molecule has 0 aliphatic rings. The van der Waals surface area contributed by atoms with Crippen LogP contribution < -0.4 is 5.32 Å². The Morgan fingerprint density at radius 3 is 3.20 bits per heavy atom. The number of aromatic nitrogens is 1. The number of anilines is 1. The zero-order valence-corrected chi connectivity index (χ0v) is 10.4. The fourth-order valence-corrected chi connectivity index (χ4v) is 1.93. The highest BCUT2D eigenvalue weighted by atomic mass is 32.2. The third kappa shape index (κ3) is 4.09. The summed E-state index contributed by atoms with van der Waals surface area (Å²) in [5.74, 6) is 0.667. The van der Waals surface area contributed by atoms with Crippen molar-refractivity contribution in [3.05, 3.63) is 11.1 Å². The van der Waals surface area contributed by atoms with E-state index >= 15 is 0 Å². The molecule has 1 heterocycles. The Labute approximate surface area is 97.4 Å². The van der Waals surface area contributed by atoms with Gasteiger partial charge in [-0.1, -0.05) is 0 Å². The topological polar surface area (TPSA) is 51.2 Å². The van der Waals surface area contributed by atoms with Crippen LogP contribution in [0, 0.1) is 0 Å². The van der Waals surface area contributed by atoms with E-state index in [1.807, 2.05) is 6.26 Å². The molecule has 1 aromatic heterocycles. The average Bonchev–Trinajstić information content (AvgIpc) is 2.67. The number of carbonyl (C=O) groups excluding carboxylic acids is 1. The second-order valence-electron chi connectivity index (χ2n) is 2.68. The average molecular weight is 246 g/mol. The van der Waals surface area contributed by atoms with Crippen molar-refractivity contribution in [2.45, 2.75) is 6.92 Å². The van der Waals surface area contributed by atoms with Crippen LogP contribution in [0.3, 0.4) is 0 Å². The van der Waals surface area contributed by atoms with Crippen LogP contribution >= 0.6 is 23.1 Å². The number of nitrogens with zero attached hydrogens (tertiary/aromatic N) is 1. The van der Waals surface area contributed by atoms with Gasteiger partial charge in [0.05, 0.1) is 6.61 Å². The fraction of sp³-hybridized carbons (Fsp3) is 0.556. The third-order valence-electron chi connectivity index (χ3n) is 1.57. The minimum Gasteiger partial charge on any atom is -0.461 e. The number of ether oxygens (including phenoxy) is 1. The van der Waals surface area contributed by atoms with Crippen molar-refractivity contribution in [1.29, 1.82) is 0 Å². The quantitative estimate of drug-likeness (QED) is 0.615. The maximum absolute atomic E-state index is 11.3. The molecule has 1 N–H and O–H groups in total. The maximum atomic E-state index is 11.3. The summed E-state index contributed by atoms with van der Waals surface area (Å²) in [6.07, 6.45) is 2.05. The SMILES string of the molecule is CCOC(=O)c1csc(NCCSC)n1. The van der Waals surface area contributed by atoms with E-state index in [1.54, 1.807) is 24.1 Å². The summed E-state index contributed by atoms with van der Waals surface area (Å²) in [5, 5.41) is 5.62. The van der Waals surface area contributed by atoms with Crippen molar-refractivity contribution in [3.63, 3.8) is 0 Å². The first kappa shape index (κ1) is 12.3. The molecule has 0 amide bonds. The molecule has 0 unspecified atom stereocenters. The molecule has 0 aliphatic heterocycles. The Bertz CT molecular complexity index is 315. The van der Waals surface area contributed by atoms with Gasteiger partial charge in [0.1, 0.15) is 0 Å². The lowest BCUT2D eigenvalue weighted by molar-refractivity contribution is 0.0520. The number of nitrogens with one attached hydrogen (secondary N) is 1. The van der Waals surface area contributed by atoms with Crippen molar-refractivity contribution in [2.75, 3.05) is 30.5 Å². The lowest BCUT2D eigenvalue weighted by atomic mass is 10.5. The summed E-state index contributed by atoms with van der Waals surface area (Å²) in [7, 11) is 0. The van der Waals surface area contributed by atoms with Crippen LogP contribution in [0.15, 0.2) is 5.38 Å². The van der Waals surface area contributed by atoms with Gasteiger partial charge >= 0.3 is 5.97 Å². The van der Waals surface area contributed by atoms with Gasteiger partial charge in [-0.25, -0.2) is 9.78 Å². The van der Waals surface area contributed by atoms with Crippen LogP contribution in [-0.2, 0) is 4.74 Å². The molecule has 0 spiro atoms. The molecule has 1 rings (SSSR count). The van der Waals surface area contributed by atoms with E-state index in [0.29, 0.717) is 12.3 Å². The van der Waals surface area contributed by atoms with Crippen molar-refractivity contribution in [2.24, 2.45) is 0 Å². The van der Waals surface area contributed by atoms with Gasteiger partial charge in [-0.05, 0) is 13.2 Å². The molecule has 0 fully saturated rings. The number of thiazole rings is 1. The molecule has 6 heteroatoms. The van der Waals surface area contributed by atoms with Crippen molar-refractivity contribution >= 4 is 34.2 Å². The van der Waals surface area contributed by atoms with E-state index in [4.69, 9.17) is 4.74 Å². The summed E-state index contributed by atoms with van der Waals surface area (Å²) in [6.45, 7) is 3.02. The van der Waals surface area contributed by atoms with Gasteiger partial charge in [0.25, 0.3) is 0 Å². The molecule has 1 aromatic rings. The van der Waals surface area contributed by atoms with Gasteiger partial charge in [-0.2, -0.15) is 11.8 Å². The number of esters is 1. The molecule has 15 heavy (non-hydrogen) atoms. The lowest BCUT2D eigenvalue weighted by Gasteiger charge is -1.99. The van der Waals surface area contributed by atoms with Gasteiger partial charge in [-0.15, -0.1) is 11.3 Å². The van der Waals surface area contributed by atoms with Gasteiger partial charge < -0.3 is 10.1 Å². The highest BCUT2D eigenvalue weighted by Gasteiger charge is 2.10. The first-order valence-corrected chi connectivity index (χ1v) is 6.90. The predicted molar refractivity (Wildman–Crippen MR) is 64.9 cm³/mol. The van der Waals surface area contributed by atoms with Crippen LogP contribution in [0.4, 0.5) is 5.13 Å². The molecule has 0 radical (unpaired) electrons. The van der Waals surface area contributed by atoms with Crippen LogP contribution in [0.1, 0.15) is 17.4 Å². The van der Waals surface area contributed by atoms with E-state index in [9.17, 15) is 4.79 Å². The summed E-state index contributed by atoms with van der Waals surface area (Å²) < 4.78 is 4.84. The molecule has 84 valence electrons. The molecule has 0 saturated heterocycles. The Balaban J connectivity index is 2.45. The molecule has 0 aromatic carbocycles. The van der Waals surface area contributed by atoms with Gasteiger partial charge in [-0.3, -0.25) is 0 Å². The second kappa shape index (κ2) is 6.68. The Hall–Kier alpha value is -0.750. The highest BCUT2D eigenvalue weighted by Crippen LogP contribution is 2.15. The van der Waals surface area contributed by atoms with Crippen LogP contribution in [0.2, 0.25) is 0 Å². The Morgan fingerprint density at radius 1 is 1.73 bits per heavy atom. The lowest BCUT2D eigenvalue weighted by Crippen LogP contribution is -2.06. The van der Waals surface area contributed by atoms with Crippen LogP contribution in [-0.4, -0.2) is 36.1 Å². The van der Waals surface area contributed by atoms with E-state index in [0.717, 1.165) is 17.4 Å². The molecule has 4 nitrogen and oxygen atoms in total. The molecule has 0 atom stereocenters. The molecular formula is C9H14N2O2S2. The van der Waals surface area contributed by atoms with Gasteiger partial charge in [0.15, 0.2) is 10.8 Å². The molecule has 0 aliphatic carbocycles. The minimum atomic E-state index is -0.355. The molecule has 0 bridgehead atoms. The van der Waals surface area contributed by atoms with E-state index in [-0.39, 0.29) is 5.97 Å². The first-order chi connectivity index (χ1) is 7.27. The van der Waals surface area contributed by atoms with Gasteiger partial charge in [0.2, 0.25) is 0 Å². The molecular weight excluding hydrogens is 232 g/mol. The highest BCUT2D eigenvalue weighted by molar-refractivity contribution is 7.98. The molecule has 0 saturated carbocycles. The summed E-state index contributed by atoms with van der Waals surface area (Å²) in [5.41, 5.74) is 0.383. The zero-order valence-electron chi connectivity index (χ0n) is 8.78. The largest absolute Gasteiger partial charge is 0.461 e. The van der Waals surface area contributed by atoms with Crippen molar-refractivity contribution < 1.29 is 9.53 Å². The maximum Gasteiger partial charge on any atom is 0.357 e. The standard InChI is InChI=1S/C9H14N2O2S2/c1-3-13-8(12)7-6-15-9(11-7)10-4-5-14-2/h6H,3-5H2,1-2H3,(H,10,11). The van der Waals surface area contributed by atoms with E-state index in [2.05, 4.69) is 10.3 Å². The summed E-state index contributed by atoms with van der Waals surface area (Å²) in [4.78, 5) is 15.4. The van der Waals surface area contributed by atoms with Crippen molar-refractivity contribution in [3.8, 4) is 0 Å². The van der Waals surface area contributed by atoms with E-state index in [1.165, 1.54) is 11.3 Å². The van der Waals surface area contributed by atoms with E-state index < -0.39 is 0 Å². The van der Waals surface area contributed by atoms with Crippen molar-refractivity contribution in [1.82, 2.24) is 4.98 Å². The Kier molecular flexibility index (Phi) is 5.49. The number of hydrogen-bond donors (Lipinski definition) is 1.